The fraction of sp³-hybridized carbons (Fsp3) is 0.667. The van der Waals surface area contributed by atoms with E-state index in [1.165, 1.54) is 31.2 Å². The first-order valence-corrected chi connectivity index (χ1v) is 9.36. The zero-order chi connectivity index (χ0) is 14.7. The average molecular weight is 353 g/mol. The van der Waals surface area contributed by atoms with Crippen LogP contribution >= 0.6 is 15.9 Å². The molecule has 0 heterocycles. The lowest BCUT2D eigenvalue weighted by molar-refractivity contribution is 0.193. The summed E-state index contributed by atoms with van der Waals surface area (Å²) in [4.78, 5) is 0. The molecule has 0 spiro atoms. The minimum absolute atomic E-state index is 0.763. The van der Waals surface area contributed by atoms with E-state index in [9.17, 15) is 0 Å². The summed E-state index contributed by atoms with van der Waals surface area (Å²) in [6.07, 6.45) is 6.72. The molecule has 1 aromatic rings. The first-order chi connectivity index (χ1) is 10.3. The molecule has 0 aliphatic heterocycles. The van der Waals surface area contributed by atoms with Crippen LogP contribution < -0.4 is 9.47 Å². The topological polar surface area (TPSA) is 18.5 Å². The second kappa shape index (κ2) is 7.04. The maximum atomic E-state index is 6.18. The number of fused-ring (bicyclic) bond motifs is 2. The molecule has 3 unspecified atom stereocenters. The summed E-state index contributed by atoms with van der Waals surface area (Å²) >= 11 is 3.55. The van der Waals surface area contributed by atoms with Gasteiger partial charge in [-0.2, -0.15) is 0 Å². The van der Waals surface area contributed by atoms with Crippen molar-refractivity contribution in [2.45, 2.75) is 44.4 Å². The minimum atomic E-state index is 0.763. The van der Waals surface area contributed by atoms with Gasteiger partial charge >= 0.3 is 0 Å². The Labute approximate surface area is 136 Å². The zero-order valence-electron chi connectivity index (χ0n) is 12.8. The number of rotatable bonds is 7. The van der Waals surface area contributed by atoms with Crippen LogP contribution in [0.4, 0.5) is 0 Å². The molecular weight excluding hydrogens is 328 g/mol. The van der Waals surface area contributed by atoms with Gasteiger partial charge in [0.05, 0.1) is 13.2 Å². The molecule has 2 saturated carbocycles. The highest BCUT2D eigenvalue weighted by atomic mass is 79.9. The number of hydrogen-bond acceptors (Lipinski definition) is 2. The number of halogens is 1. The molecule has 3 atom stereocenters. The normalized spacial score (nSPS) is 27.0. The van der Waals surface area contributed by atoms with E-state index in [-0.39, 0.29) is 0 Å². The lowest BCUT2D eigenvalue weighted by Gasteiger charge is -2.22. The molecule has 0 aromatic heterocycles. The van der Waals surface area contributed by atoms with Gasteiger partial charge in [-0.1, -0.05) is 35.3 Å². The minimum Gasteiger partial charge on any atom is -0.493 e. The average Bonchev–Trinajstić information content (AvgIpc) is 3.13. The van der Waals surface area contributed by atoms with Gasteiger partial charge in [-0.3, -0.25) is 0 Å². The van der Waals surface area contributed by atoms with Crippen LogP contribution in [0, 0.1) is 17.8 Å². The number of ether oxygens (including phenoxy) is 2. The van der Waals surface area contributed by atoms with E-state index in [0.717, 1.165) is 54.2 Å². The molecule has 3 rings (SSSR count). The van der Waals surface area contributed by atoms with Crippen molar-refractivity contribution in [3.05, 3.63) is 23.8 Å². The summed E-state index contributed by atoms with van der Waals surface area (Å²) in [5.41, 5.74) is 1.21. The van der Waals surface area contributed by atoms with Crippen molar-refractivity contribution in [1.82, 2.24) is 0 Å². The van der Waals surface area contributed by atoms with E-state index in [2.05, 4.69) is 35.0 Å². The Kier molecular flexibility index (Phi) is 5.10. The molecule has 0 radical (unpaired) electrons. The van der Waals surface area contributed by atoms with Crippen molar-refractivity contribution in [1.29, 1.82) is 0 Å². The summed E-state index contributed by atoms with van der Waals surface area (Å²) < 4.78 is 11.9. The van der Waals surface area contributed by atoms with Gasteiger partial charge in [0.25, 0.3) is 0 Å². The molecule has 1 aromatic carbocycles. The lowest BCUT2D eigenvalue weighted by Crippen LogP contribution is -2.18. The fourth-order valence-electron chi connectivity index (χ4n) is 3.87. The highest BCUT2D eigenvalue weighted by Crippen LogP contribution is 2.48. The van der Waals surface area contributed by atoms with E-state index in [1.54, 1.807) is 0 Å². The predicted octanol–water partition coefficient (Wildman–Crippen LogP) is 5.19. The SMILES string of the molecule is CCCOc1ccc(CBr)c(OCC2CC3CCC2C3)c1. The molecule has 2 aliphatic carbocycles. The Morgan fingerprint density at radius 3 is 2.76 bits per heavy atom. The molecule has 2 nitrogen and oxygen atoms in total. The van der Waals surface area contributed by atoms with Crippen LogP contribution in [0.3, 0.4) is 0 Å². The Morgan fingerprint density at radius 2 is 2.10 bits per heavy atom. The maximum absolute atomic E-state index is 6.18. The molecule has 0 N–H and O–H groups in total. The van der Waals surface area contributed by atoms with Crippen LogP contribution in [0.15, 0.2) is 18.2 Å². The van der Waals surface area contributed by atoms with E-state index in [1.807, 2.05) is 6.07 Å². The van der Waals surface area contributed by atoms with Gasteiger partial charge in [-0.15, -0.1) is 0 Å². The Bertz CT molecular complexity index is 474. The maximum Gasteiger partial charge on any atom is 0.127 e. The summed E-state index contributed by atoms with van der Waals surface area (Å²) in [5.74, 6) is 4.58. The predicted molar refractivity (Wildman–Crippen MR) is 89.3 cm³/mol. The Hall–Kier alpha value is -0.700. The third-order valence-corrected chi connectivity index (χ3v) is 5.60. The molecule has 2 aliphatic rings. The quantitative estimate of drug-likeness (QED) is 0.629. The first-order valence-electron chi connectivity index (χ1n) is 8.24. The van der Waals surface area contributed by atoms with Gasteiger partial charge in [-0.05, 0) is 49.5 Å². The summed E-state index contributed by atoms with van der Waals surface area (Å²) in [5, 5.41) is 0.826. The largest absolute Gasteiger partial charge is 0.493 e. The van der Waals surface area contributed by atoms with Crippen LogP contribution in [0.5, 0.6) is 11.5 Å². The standard InChI is InChI=1S/C18H25BrO2/c1-2-7-20-17-6-5-15(11-19)18(10-17)21-12-16-9-13-3-4-14(16)8-13/h5-6,10,13-14,16H,2-4,7-9,11-12H2,1H3. The smallest absolute Gasteiger partial charge is 0.127 e. The second-order valence-corrected chi connectivity index (χ2v) is 7.06. The third kappa shape index (κ3) is 3.56. The van der Waals surface area contributed by atoms with Crippen molar-refractivity contribution >= 4 is 15.9 Å². The fourth-order valence-corrected chi connectivity index (χ4v) is 4.33. The van der Waals surface area contributed by atoms with E-state index < -0.39 is 0 Å². The van der Waals surface area contributed by atoms with Gasteiger partial charge in [-0.25, -0.2) is 0 Å². The monoisotopic (exact) mass is 352 g/mol. The number of benzene rings is 1. The molecule has 2 bridgehead atoms. The molecular formula is C18H25BrO2. The van der Waals surface area contributed by atoms with Crippen molar-refractivity contribution < 1.29 is 9.47 Å². The van der Waals surface area contributed by atoms with Crippen LogP contribution in [0.2, 0.25) is 0 Å². The van der Waals surface area contributed by atoms with Gasteiger partial charge < -0.3 is 9.47 Å². The Morgan fingerprint density at radius 1 is 1.19 bits per heavy atom. The van der Waals surface area contributed by atoms with Crippen LogP contribution in [-0.2, 0) is 5.33 Å². The van der Waals surface area contributed by atoms with Crippen molar-refractivity contribution in [2.24, 2.45) is 17.8 Å². The third-order valence-electron chi connectivity index (χ3n) is 4.99. The highest BCUT2D eigenvalue weighted by molar-refractivity contribution is 9.08. The Balaban J connectivity index is 1.62. The van der Waals surface area contributed by atoms with Crippen molar-refractivity contribution in [3.8, 4) is 11.5 Å². The van der Waals surface area contributed by atoms with Gasteiger partial charge in [0.2, 0.25) is 0 Å². The summed E-state index contributed by atoms with van der Waals surface area (Å²) in [6, 6.07) is 6.20. The van der Waals surface area contributed by atoms with E-state index >= 15 is 0 Å². The molecule has 2 fully saturated rings. The van der Waals surface area contributed by atoms with Crippen LogP contribution in [-0.4, -0.2) is 13.2 Å². The number of alkyl halides is 1. The van der Waals surface area contributed by atoms with Crippen molar-refractivity contribution in [3.63, 3.8) is 0 Å². The first kappa shape index (κ1) is 15.2. The molecule has 0 saturated heterocycles. The molecule has 0 amide bonds. The van der Waals surface area contributed by atoms with Crippen LogP contribution in [0.25, 0.3) is 0 Å². The molecule has 116 valence electrons. The van der Waals surface area contributed by atoms with E-state index in [0.29, 0.717) is 0 Å². The number of hydrogen-bond donors (Lipinski definition) is 0. The summed E-state index contributed by atoms with van der Waals surface area (Å²) in [6.45, 7) is 3.76. The van der Waals surface area contributed by atoms with Crippen LogP contribution in [0.1, 0.15) is 44.6 Å². The van der Waals surface area contributed by atoms with Gasteiger partial charge in [0.1, 0.15) is 11.5 Å². The molecule has 21 heavy (non-hydrogen) atoms. The van der Waals surface area contributed by atoms with Gasteiger partial charge in [0.15, 0.2) is 0 Å². The van der Waals surface area contributed by atoms with Crippen molar-refractivity contribution in [2.75, 3.05) is 13.2 Å². The zero-order valence-corrected chi connectivity index (χ0v) is 14.4. The van der Waals surface area contributed by atoms with E-state index in [4.69, 9.17) is 9.47 Å². The van der Waals surface area contributed by atoms with Gasteiger partial charge in [0, 0.05) is 17.0 Å². The second-order valence-electron chi connectivity index (χ2n) is 6.50. The lowest BCUT2D eigenvalue weighted by atomic mass is 9.89. The summed E-state index contributed by atoms with van der Waals surface area (Å²) in [7, 11) is 0. The highest BCUT2D eigenvalue weighted by Gasteiger charge is 2.39. The molecule has 3 heteroatoms.